The van der Waals surface area contributed by atoms with E-state index in [2.05, 4.69) is 24.5 Å². The fraction of sp³-hybridized carbons (Fsp3) is 0.925. The average molecular weight is 635 g/mol. The van der Waals surface area contributed by atoms with Crippen LogP contribution in [0.15, 0.2) is 0 Å². The van der Waals surface area contributed by atoms with Gasteiger partial charge in [-0.25, -0.2) is 0 Å². The second kappa shape index (κ2) is 35.5. The summed E-state index contributed by atoms with van der Waals surface area (Å²) in [6.07, 6.45) is 37.9. The summed E-state index contributed by atoms with van der Waals surface area (Å²) in [6.45, 7) is 5.20. The fourth-order valence-electron chi connectivity index (χ4n) is 6.38. The van der Waals surface area contributed by atoms with Crippen molar-refractivity contribution in [3.8, 4) is 0 Å². The summed E-state index contributed by atoms with van der Waals surface area (Å²) in [5.41, 5.74) is 0. The maximum Gasteiger partial charge on any atom is 0.223 e. The molecule has 1 atom stereocenters. The van der Waals surface area contributed by atoms with Crippen molar-refractivity contribution in [2.24, 2.45) is 5.92 Å². The van der Waals surface area contributed by atoms with Gasteiger partial charge in [-0.15, -0.1) is 0 Å². The number of hydrogen-bond acceptors (Lipinski definition) is 3. The Hall–Kier alpha value is -1.39. The van der Waals surface area contributed by atoms with Crippen LogP contribution in [0, 0.1) is 5.92 Å². The number of unbranched alkanes of at least 4 members (excludes halogenated alkanes) is 25. The van der Waals surface area contributed by atoms with Crippen molar-refractivity contribution in [1.82, 2.24) is 10.6 Å². The van der Waals surface area contributed by atoms with Crippen LogP contribution < -0.4 is 10.6 Å². The predicted molar refractivity (Wildman–Crippen MR) is 195 cm³/mol. The van der Waals surface area contributed by atoms with Gasteiger partial charge in [-0.05, 0) is 25.7 Å². The Labute approximate surface area is 281 Å². The Balaban J connectivity index is 3.71. The Morgan fingerprint density at radius 1 is 0.467 bits per heavy atom. The van der Waals surface area contributed by atoms with E-state index in [-0.39, 0.29) is 23.5 Å². The van der Waals surface area contributed by atoms with Gasteiger partial charge in [0.15, 0.2) is 0 Å². The third-order valence-corrected chi connectivity index (χ3v) is 9.46. The molecule has 5 nitrogen and oxygen atoms in total. The quantitative estimate of drug-likeness (QED) is 0.0673. The van der Waals surface area contributed by atoms with Gasteiger partial charge in [0, 0.05) is 38.8 Å². The average Bonchev–Trinajstić information content (AvgIpc) is 3.04. The van der Waals surface area contributed by atoms with E-state index < -0.39 is 0 Å². The highest BCUT2D eigenvalue weighted by Crippen LogP contribution is 2.18. The molecule has 0 saturated heterocycles. The van der Waals surface area contributed by atoms with Gasteiger partial charge in [0.1, 0.15) is 5.78 Å². The van der Waals surface area contributed by atoms with Gasteiger partial charge >= 0.3 is 0 Å². The van der Waals surface area contributed by atoms with Crippen LogP contribution in [0.5, 0.6) is 0 Å². The molecule has 5 heteroatoms. The van der Waals surface area contributed by atoms with E-state index in [9.17, 15) is 14.4 Å². The summed E-state index contributed by atoms with van der Waals surface area (Å²) < 4.78 is 0. The molecule has 0 aromatic heterocycles. The predicted octanol–water partition coefficient (Wildman–Crippen LogP) is 11.6. The second-order valence-electron chi connectivity index (χ2n) is 13.9. The molecule has 0 bridgehead atoms. The molecular formula is C40H78N2O3. The van der Waals surface area contributed by atoms with Crippen LogP contribution in [0.3, 0.4) is 0 Å². The molecule has 0 aliphatic rings. The Bertz CT molecular complexity index is 666. The first-order valence-electron chi connectivity index (χ1n) is 20.0. The van der Waals surface area contributed by atoms with Gasteiger partial charge in [-0.2, -0.15) is 0 Å². The van der Waals surface area contributed by atoms with Gasteiger partial charge in [0.2, 0.25) is 11.8 Å². The van der Waals surface area contributed by atoms with Gasteiger partial charge in [-0.3, -0.25) is 14.4 Å². The Morgan fingerprint density at radius 2 is 0.844 bits per heavy atom. The van der Waals surface area contributed by atoms with Crippen molar-refractivity contribution >= 4 is 17.6 Å². The van der Waals surface area contributed by atoms with Crippen LogP contribution in [0.1, 0.15) is 219 Å². The zero-order valence-electron chi connectivity index (χ0n) is 30.6. The molecule has 0 spiro atoms. The number of amides is 2. The first-order chi connectivity index (χ1) is 22.0. The van der Waals surface area contributed by atoms with E-state index in [1.165, 1.54) is 141 Å². The first-order valence-corrected chi connectivity index (χ1v) is 20.0. The minimum atomic E-state index is -0.244. The number of ketones is 1. The van der Waals surface area contributed by atoms with E-state index in [4.69, 9.17) is 0 Å². The minimum absolute atomic E-state index is 0.0276. The van der Waals surface area contributed by atoms with Crippen molar-refractivity contribution in [2.45, 2.75) is 219 Å². The summed E-state index contributed by atoms with van der Waals surface area (Å²) in [5.74, 6) is 0.0952. The van der Waals surface area contributed by atoms with E-state index in [0.29, 0.717) is 32.2 Å². The van der Waals surface area contributed by atoms with Crippen molar-refractivity contribution in [2.75, 3.05) is 13.6 Å². The molecule has 0 heterocycles. The number of carbonyl (C=O) groups is 3. The van der Waals surface area contributed by atoms with Crippen molar-refractivity contribution in [1.29, 1.82) is 0 Å². The number of Topliss-reactive ketones (excluding diaryl/α,β-unsaturated/α-hetero) is 1. The smallest absolute Gasteiger partial charge is 0.223 e. The van der Waals surface area contributed by atoms with Crippen LogP contribution >= 0.6 is 0 Å². The summed E-state index contributed by atoms with van der Waals surface area (Å²) >= 11 is 0. The summed E-state index contributed by atoms with van der Waals surface area (Å²) in [7, 11) is 1.66. The van der Waals surface area contributed by atoms with Crippen LogP contribution in [0.4, 0.5) is 0 Å². The second-order valence-corrected chi connectivity index (χ2v) is 13.9. The van der Waals surface area contributed by atoms with E-state index >= 15 is 0 Å². The molecule has 0 aromatic rings. The van der Waals surface area contributed by atoms with E-state index in [1.54, 1.807) is 7.05 Å². The number of hydrogen-bond donors (Lipinski definition) is 2. The maximum absolute atomic E-state index is 12.6. The molecule has 0 aliphatic heterocycles. The van der Waals surface area contributed by atoms with Gasteiger partial charge in [-0.1, -0.05) is 174 Å². The lowest BCUT2D eigenvalue weighted by molar-refractivity contribution is -0.129. The largest absolute Gasteiger partial charge is 0.359 e. The van der Waals surface area contributed by atoms with Crippen LogP contribution in [-0.2, 0) is 14.4 Å². The third-order valence-electron chi connectivity index (χ3n) is 9.46. The highest BCUT2D eigenvalue weighted by molar-refractivity contribution is 5.86. The molecule has 0 fully saturated rings. The maximum atomic E-state index is 12.6. The van der Waals surface area contributed by atoms with Crippen molar-refractivity contribution in [3.63, 3.8) is 0 Å². The SMILES string of the molecule is CCCCCCCCCCCCCCCC(=O)CC(CCCCNC(=O)CCCCCCCCCCCCCCC)C(=O)NC. The molecule has 266 valence electrons. The Morgan fingerprint density at radius 3 is 1.24 bits per heavy atom. The van der Waals surface area contributed by atoms with E-state index in [0.717, 1.165) is 38.5 Å². The fourth-order valence-corrected chi connectivity index (χ4v) is 6.38. The van der Waals surface area contributed by atoms with E-state index in [1.807, 2.05) is 0 Å². The normalized spacial score (nSPS) is 11.9. The van der Waals surface area contributed by atoms with Crippen LogP contribution in [0.2, 0.25) is 0 Å². The monoisotopic (exact) mass is 635 g/mol. The molecular weight excluding hydrogens is 556 g/mol. The topological polar surface area (TPSA) is 75.3 Å². The van der Waals surface area contributed by atoms with Crippen LogP contribution in [-0.4, -0.2) is 31.2 Å². The standard InChI is InChI=1S/C40H78N2O3/c1-4-6-8-10-12-14-16-18-20-22-24-26-28-33-38(43)36-37(40(45)41-3)32-30-31-35-42-39(44)34-29-27-25-23-21-19-17-15-13-11-9-7-5-2/h37H,4-36H2,1-3H3,(H,41,45)(H,42,44). The molecule has 0 rings (SSSR count). The van der Waals surface area contributed by atoms with Gasteiger partial charge < -0.3 is 10.6 Å². The summed E-state index contributed by atoms with van der Waals surface area (Å²) in [4.78, 5) is 37.1. The summed E-state index contributed by atoms with van der Waals surface area (Å²) in [5, 5.41) is 5.79. The lowest BCUT2D eigenvalue weighted by Gasteiger charge is -2.15. The number of rotatable bonds is 36. The molecule has 0 saturated carbocycles. The van der Waals surface area contributed by atoms with Gasteiger partial charge in [0.25, 0.3) is 0 Å². The highest BCUT2D eigenvalue weighted by atomic mass is 16.2. The molecule has 0 aromatic carbocycles. The number of nitrogens with one attached hydrogen (secondary N) is 2. The molecule has 2 N–H and O–H groups in total. The van der Waals surface area contributed by atoms with Crippen molar-refractivity contribution < 1.29 is 14.4 Å². The molecule has 1 unspecified atom stereocenters. The molecule has 2 amide bonds. The Kier molecular flexibility index (Phi) is 34.4. The third kappa shape index (κ3) is 32.3. The molecule has 0 radical (unpaired) electrons. The number of carbonyl (C=O) groups excluding carboxylic acids is 3. The minimum Gasteiger partial charge on any atom is -0.359 e. The lowest BCUT2D eigenvalue weighted by atomic mass is 9.93. The van der Waals surface area contributed by atoms with Crippen molar-refractivity contribution in [3.05, 3.63) is 0 Å². The molecule has 0 aliphatic carbocycles. The zero-order valence-corrected chi connectivity index (χ0v) is 30.6. The summed E-state index contributed by atoms with van der Waals surface area (Å²) in [6, 6.07) is 0. The molecule has 45 heavy (non-hydrogen) atoms. The van der Waals surface area contributed by atoms with Crippen LogP contribution in [0.25, 0.3) is 0 Å². The lowest BCUT2D eigenvalue weighted by Crippen LogP contribution is -2.29. The zero-order chi connectivity index (χ0) is 33.1. The van der Waals surface area contributed by atoms with Gasteiger partial charge in [0.05, 0.1) is 0 Å². The highest BCUT2D eigenvalue weighted by Gasteiger charge is 2.20. The first kappa shape index (κ1) is 43.6.